The fraction of sp³-hybridized carbons (Fsp3) is 0.500. The summed E-state index contributed by atoms with van der Waals surface area (Å²) in [4.78, 5) is -0.0708. The first-order chi connectivity index (χ1) is 8.94. The number of sulfonamides is 1. The highest BCUT2D eigenvalue weighted by molar-refractivity contribution is 7.89. The summed E-state index contributed by atoms with van der Waals surface area (Å²) in [7, 11) is -2.37. The van der Waals surface area contributed by atoms with E-state index in [1.54, 1.807) is 0 Å². The zero-order chi connectivity index (χ0) is 14.5. The summed E-state index contributed by atoms with van der Waals surface area (Å²) < 4.78 is 45.1. The van der Waals surface area contributed by atoms with Gasteiger partial charge in [0.25, 0.3) is 0 Å². The number of ether oxygens (including phenoxy) is 1. The summed E-state index contributed by atoms with van der Waals surface area (Å²) >= 11 is 0. The largest absolute Gasteiger partial charge is 0.494 e. The lowest BCUT2D eigenvalue weighted by atomic mass is 10.2. The molecule has 1 rings (SSSR count). The molecular formula is C12H19FN2O3S. The predicted octanol–water partition coefficient (Wildman–Crippen LogP) is 1.16. The van der Waals surface area contributed by atoms with E-state index in [0.29, 0.717) is 13.0 Å². The third kappa shape index (κ3) is 3.89. The molecule has 0 atom stereocenters. The molecule has 0 saturated carbocycles. The summed E-state index contributed by atoms with van der Waals surface area (Å²) in [5.41, 5.74) is 5.37. The average molecular weight is 290 g/mol. The van der Waals surface area contributed by atoms with Crippen molar-refractivity contribution in [3.63, 3.8) is 0 Å². The van der Waals surface area contributed by atoms with E-state index in [2.05, 4.69) is 4.72 Å². The molecule has 0 bridgehead atoms. The van der Waals surface area contributed by atoms with Gasteiger partial charge in [-0.1, -0.05) is 0 Å². The van der Waals surface area contributed by atoms with Crippen molar-refractivity contribution < 1.29 is 17.5 Å². The van der Waals surface area contributed by atoms with Crippen molar-refractivity contribution in [3.8, 4) is 5.75 Å². The number of nitrogens with two attached hydrogens (primary N) is 1. The highest BCUT2D eigenvalue weighted by atomic mass is 32.2. The van der Waals surface area contributed by atoms with Crippen LogP contribution in [0.5, 0.6) is 5.75 Å². The highest BCUT2D eigenvalue weighted by Crippen LogP contribution is 2.25. The molecule has 0 aliphatic carbocycles. The van der Waals surface area contributed by atoms with Gasteiger partial charge >= 0.3 is 0 Å². The zero-order valence-corrected chi connectivity index (χ0v) is 11.9. The second-order valence-corrected chi connectivity index (χ2v) is 5.83. The van der Waals surface area contributed by atoms with Crippen LogP contribution in [0.15, 0.2) is 17.0 Å². The first kappa shape index (κ1) is 15.9. The topological polar surface area (TPSA) is 81.4 Å². The highest BCUT2D eigenvalue weighted by Gasteiger charge is 2.20. The molecule has 0 fully saturated rings. The quantitative estimate of drug-likeness (QED) is 0.738. The molecule has 19 heavy (non-hydrogen) atoms. The van der Waals surface area contributed by atoms with E-state index in [-0.39, 0.29) is 22.8 Å². The SMILES string of the molecule is COc1ccc(S(=O)(=O)NCCCCN)c(C)c1F. The molecule has 0 aliphatic heterocycles. The smallest absolute Gasteiger partial charge is 0.240 e. The van der Waals surface area contributed by atoms with Crippen LogP contribution in [0.3, 0.4) is 0 Å². The van der Waals surface area contributed by atoms with Crippen LogP contribution in [0.1, 0.15) is 18.4 Å². The Morgan fingerprint density at radius 3 is 2.63 bits per heavy atom. The fourth-order valence-electron chi connectivity index (χ4n) is 1.64. The van der Waals surface area contributed by atoms with Crippen LogP contribution in [0.25, 0.3) is 0 Å². The minimum Gasteiger partial charge on any atom is -0.494 e. The van der Waals surface area contributed by atoms with E-state index in [0.717, 1.165) is 6.42 Å². The minimum absolute atomic E-state index is 0.0274. The number of unbranched alkanes of at least 4 members (excludes halogenated alkanes) is 1. The molecule has 1 aromatic carbocycles. The van der Waals surface area contributed by atoms with Crippen molar-refractivity contribution in [1.29, 1.82) is 0 Å². The second-order valence-electron chi connectivity index (χ2n) is 4.10. The van der Waals surface area contributed by atoms with Gasteiger partial charge in [0.05, 0.1) is 12.0 Å². The number of benzene rings is 1. The lowest BCUT2D eigenvalue weighted by Gasteiger charge is -2.11. The summed E-state index contributed by atoms with van der Waals surface area (Å²) in [6, 6.07) is 2.64. The molecule has 7 heteroatoms. The molecule has 3 N–H and O–H groups in total. The van der Waals surface area contributed by atoms with Crippen LogP contribution in [-0.2, 0) is 10.0 Å². The molecular weight excluding hydrogens is 271 g/mol. The number of hydrogen-bond donors (Lipinski definition) is 2. The van der Waals surface area contributed by atoms with Crippen molar-refractivity contribution >= 4 is 10.0 Å². The Labute approximate surface area is 113 Å². The van der Waals surface area contributed by atoms with Gasteiger partial charge in [-0.15, -0.1) is 0 Å². The molecule has 0 unspecified atom stereocenters. The first-order valence-corrected chi connectivity index (χ1v) is 7.45. The molecule has 0 amide bonds. The van der Waals surface area contributed by atoms with Crippen molar-refractivity contribution in [2.45, 2.75) is 24.7 Å². The van der Waals surface area contributed by atoms with Crippen molar-refractivity contribution in [2.24, 2.45) is 5.73 Å². The summed E-state index contributed by atoms with van der Waals surface area (Å²) in [5, 5.41) is 0. The number of rotatable bonds is 7. The Morgan fingerprint density at radius 2 is 2.05 bits per heavy atom. The second kappa shape index (κ2) is 6.83. The van der Waals surface area contributed by atoms with Gasteiger partial charge in [0.15, 0.2) is 11.6 Å². The van der Waals surface area contributed by atoms with E-state index >= 15 is 0 Å². The molecule has 5 nitrogen and oxygen atoms in total. The standard InChI is InChI=1S/C12H19FN2O3S/c1-9-11(6-5-10(18-2)12(9)13)19(16,17)15-8-4-3-7-14/h5-6,15H,3-4,7-8,14H2,1-2H3. The number of methoxy groups -OCH3 is 1. The van der Waals surface area contributed by atoms with Gasteiger partial charge in [-0.25, -0.2) is 17.5 Å². The molecule has 0 saturated heterocycles. The maximum Gasteiger partial charge on any atom is 0.240 e. The maximum atomic E-state index is 13.8. The lowest BCUT2D eigenvalue weighted by molar-refractivity contribution is 0.384. The Kier molecular flexibility index (Phi) is 5.71. The van der Waals surface area contributed by atoms with Crippen LogP contribution in [0.4, 0.5) is 4.39 Å². The van der Waals surface area contributed by atoms with Crippen molar-refractivity contribution in [3.05, 3.63) is 23.5 Å². The van der Waals surface area contributed by atoms with Crippen molar-refractivity contribution in [1.82, 2.24) is 4.72 Å². The van der Waals surface area contributed by atoms with Crippen LogP contribution >= 0.6 is 0 Å². The normalized spacial score (nSPS) is 11.6. The van der Waals surface area contributed by atoms with Gasteiger partial charge in [0.2, 0.25) is 10.0 Å². The third-order valence-corrected chi connectivity index (χ3v) is 4.34. The average Bonchev–Trinajstić information content (AvgIpc) is 2.37. The van der Waals surface area contributed by atoms with Crippen LogP contribution in [-0.4, -0.2) is 28.6 Å². The van der Waals surface area contributed by atoms with Gasteiger partial charge in [-0.2, -0.15) is 0 Å². The molecule has 1 aromatic rings. The van der Waals surface area contributed by atoms with Gasteiger partial charge < -0.3 is 10.5 Å². The van der Waals surface area contributed by atoms with E-state index in [4.69, 9.17) is 10.5 Å². The summed E-state index contributed by atoms with van der Waals surface area (Å²) in [6.07, 6.45) is 1.38. The number of halogens is 1. The summed E-state index contributed by atoms with van der Waals surface area (Å²) in [6.45, 7) is 2.21. The van der Waals surface area contributed by atoms with Gasteiger partial charge in [0, 0.05) is 12.1 Å². The van der Waals surface area contributed by atoms with Gasteiger partial charge in [-0.05, 0) is 38.4 Å². The van der Waals surface area contributed by atoms with E-state index in [1.165, 1.54) is 26.2 Å². The van der Waals surface area contributed by atoms with Crippen LogP contribution in [0.2, 0.25) is 0 Å². The van der Waals surface area contributed by atoms with Crippen LogP contribution in [0, 0.1) is 12.7 Å². The van der Waals surface area contributed by atoms with Gasteiger partial charge in [-0.3, -0.25) is 0 Å². The predicted molar refractivity (Wildman–Crippen MR) is 71.2 cm³/mol. The minimum atomic E-state index is -3.71. The Hall–Kier alpha value is -1.18. The molecule has 0 radical (unpaired) electrons. The Morgan fingerprint density at radius 1 is 1.37 bits per heavy atom. The molecule has 0 aromatic heterocycles. The summed E-state index contributed by atoms with van der Waals surface area (Å²) in [5.74, 6) is -0.632. The fourth-order valence-corrected chi connectivity index (χ4v) is 2.95. The van der Waals surface area contributed by atoms with Gasteiger partial charge in [0.1, 0.15) is 0 Å². The lowest BCUT2D eigenvalue weighted by Crippen LogP contribution is -2.26. The molecule has 0 aliphatic rings. The number of hydrogen-bond acceptors (Lipinski definition) is 4. The maximum absolute atomic E-state index is 13.8. The molecule has 0 heterocycles. The van der Waals surface area contributed by atoms with E-state index in [9.17, 15) is 12.8 Å². The Balaban J connectivity index is 2.93. The first-order valence-electron chi connectivity index (χ1n) is 5.97. The third-order valence-electron chi connectivity index (χ3n) is 2.73. The molecule has 0 spiro atoms. The van der Waals surface area contributed by atoms with Crippen LogP contribution < -0.4 is 15.2 Å². The van der Waals surface area contributed by atoms with Crippen molar-refractivity contribution in [2.75, 3.05) is 20.2 Å². The zero-order valence-electron chi connectivity index (χ0n) is 11.1. The van der Waals surface area contributed by atoms with E-state index in [1.807, 2.05) is 0 Å². The molecule has 108 valence electrons. The Bertz CT molecular complexity index is 532. The van der Waals surface area contributed by atoms with E-state index < -0.39 is 15.8 Å². The monoisotopic (exact) mass is 290 g/mol. The number of nitrogens with one attached hydrogen (secondary N) is 1.